The highest BCUT2D eigenvalue weighted by atomic mass is 35.5. The van der Waals surface area contributed by atoms with Gasteiger partial charge in [-0.1, -0.05) is 60.7 Å². The molecule has 1 saturated heterocycles. The Morgan fingerprint density at radius 3 is 1.84 bits per heavy atom. The van der Waals surface area contributed by atoms with Crippen molar-refractivity contribution in [3.8, 4) is 0 Å². The Hall–Kier alpha value is -1.84. The number of nitrogens with zero attached hydrogens (tertiary/aromatic N) is 1. The minimum atomic E-state index is -0.790. The summed E-state index contributed by atoms with van der Waals surface area (Å²) in [6, 6.07) is 19.8. The van der Waals surface area contributed by atoms with Crippen molar-refractivity contribution in [2.24, 2.45) is 0 Å². The van der Waals surface area contributed by atoms with Gasteiger partial charge in [0.1, 0.15) is 5.41 Å². The normalized spacial score (nSPS) is 16.1. The highest BCUT2D eigenvalue weighted by Gasteiger charge is 2.40. The van der Waals surface area contributed by atoms with E-state index in [1.54, 1.807) is 0 Å². The average molecular weight is 360 g/mol. The standard InChI is InChI=1S/C21H26NO2.ClH/c1-21(18-11-5-3-6-12-18,19-13-7-4-8-14-19)20(23)24-17-22(2)15-9-10-16-22;/h3-8,11-14H,9-10,15-17H2,1-2H3;1H/q+1;/p-1. The molecule has 0 bridgehead atoms. The van der Waals surface area contributed by atoms with Crippen LogP contribution in [0.5, 0.6) is 0 Å². The first kappa shape index (κ1) is 19.5. The van der Waals surface area contributed by atoms with Gasteiger partial charge in [0.2, 0.25) is 6.73 Å². The van der Waals surface area contributed by atoms with Crippen LogP contribution in [-0.4, -0.2) is 37.3 Å². The van der Waals surface area contributed by atoms with Crippen molar-refractivity contribution in [1.82, 2.24) is 0 Å². The first-order valence-electron chi connectivity index (χ1n) is 8.66. The molecule has 0 saturated carbocycles. The summed E-state index contributed by atoms with van der Waals surface area (Å²) in [5, 5.41) is 0. The molecular weight excluding hydrogens is 334 g/mol. The van der Waals surface area contributed by atoms with Gasteiger partial charge in [-0.25, -0.2) is 0 Å². The van der Waals surface area contributed by atoms with Crippen LogP contribution in [0.3, 0.4) is 0 Å². The first-order chi connectivity index (χ1) is 11.5. The molecule has 0 unspecified atom stereocenters. The summed E-state index contributed by atoms with van der Waals surface area (Å²) in [6.45, 7) is 4.58. The summed E-state index contributed by atoms with van der Waals surface area (Å²) in [4.78, 5) is 13.1. The molecule has 0 aliphatic carbocycles. The number of likely N-dealkylation sites (tertiary alicyclic amines) is 1. The number of quaternary nitrogens is 1. The van der Waals surface area contributed by atoms with Crippen LogP contribution in [0.15, 0.2) is 60.7 Å². The summed E-state index contributed by atoms with van der Waals surface area (Å²) in [6.07, 6.45) is 2.42. The van der Waals surface area contributed by atoms with Crippen molar-refractivity contribution in [2.75, 3.05) is 26.9 Å². The van der Waals surface area contributed by atoms with Gasteiger partial charge in [0.15, 0.2) is 0 Å². The van der Waals surface area contributed by atoms with Gasteiger partial charge in [-0.05, 0) is 18.1 Å². The third-order valence-corrected chi connectivity index (χ3v) is 5.26. The maximum absolute atomic E-state index is 13.1. The lowest BCUT2D eigenvalue weighted by Crippen LogP contribution is -3.00. The summed E-state index contributed by atoms with van der Waals surface area (Å²) in [5.74, 6) is -0.175. The summed E-state index contributed by atoms with van der Waals surface area (Å²) in [7, 11) is 2.17. The smallest absolute Gasteiger partial charge is 0.325 e. The minimum absolute atomic E-state index is 0. The quantitative estimate of drug-likeness (QED) is 0.581. The van der Waals surface area contributed by atoms with Gasteiger partial charge in [0.25, 0.3) is 0 Å². The predicted molar refractivity (Wildman–Crippen MR) is 95.4 cm³/mol. The molecule has 3 rings (SSSR count). The number of hydrogen-bond donors (Lipinski definition) is 0. The van der Waals surface area contributed by atoms with Crippen molar-refractivity contribution in [1.29, 1.82) is 0 Å². The maximum atomic E-state index is 13.1. The Labute approximate surface area is 156 Å². The second-order valence-corrected chi connectivity index (χ2v) is 7.19. The summed E-state index contributed by atoms with van der Waals surface area (Å²) >= 11 is 0. The number of esters is 1. The fourth-order valence-corrected chi connectivity index (χ4v) is 3.53. The van der Waals surface area contributed by atoms with E-state index in [1.807, 2.05) is 67.6 Å². The van der Waals surface area contributed by atoms with E-state index in [9.17, 15) is 4.79 Å². The molecule has 2 aromatic carbocycles. The van der Waals surface area contributed by atoms with Crippen molar-refractivity contribution in [3.63, 3.8) is 0 Å². The predicted octanol–water partition coefficient (Wildman–Crippen LogP) is 0.738. The van der Waals surface area contributed by atoms with Crippen LogP contribution in [0, 0.1) is 0 Å². The zero-order chi connectivity index (χ0) is 17.0. The largest absolute Gasteiger partial charge is 1.00 e. The van der Waals surface area contributed by atoms with E-state index in [0.717, 1.165) is 28.7 Å². The van der Waals surface area contributed by atoms with Gasteiger partial charge < -0.3 is 17.1 Å². The molecule has 1 aliphatic heterocycles. The van der Waals surface area contributed by atoms with Crippen LogP contribution < -0.4 is 12.4 Å². The lowest BCUT2D eigenvalue weighted by Gasteiger charge is -2.32. The molecule has 1 fully saturated rings. The molecule has 1 aliphatic rings. The Kier molecular flexibility index (Phi) is 6.26. The van der Waals surface area contributed by atoms with E-state index >= 15 is 0 Å². The SMILES string of the molecule is CC(C(=O)OC[N+]1(C)CCCC1)(c1ccccc1)c1ccccc1.[Cl-]. The lowest BCUT2D eigenvalue weighted by atomic mass is 9.76. The van der Waals surface area contributed by atoms with Crippen molar-refractivity contribution in [2.45, 2.75) is 25.2 Å². The van der Waals surface area contributed by atoms with Crippen LogP contribution >= 0.6 is 0 Å². The molecule has 1 heterocycles. The van der Waals surface area contributed by atoms with E-state index in [2.05, 4.69) is 7.05 Å². The number of carbonyl (C=O) groups is 1. The Bertz CT molecular complexity index is 642. The zero-order valence-corrected chi connectivity index (χ0v) is 15.7. The first-order valence-corrected chi connectivity index (χ1v) is 8.66. The third kappa shape index (κ3) is 4.05. The molecule has 0 amide bonds. The molecule has 0 spiro atoms. The number of benzene rings is 2. The number of halogens is 1. The van der Waals surface area contributed by atoms with Gasteiger partial charge in [-0.2, -0.15) is 0 Å². The number of hydrogen-bond acceptors (Lipinski definition) is 2. The maximum Gasteiger partial charge on any atom is 0.325 e. The van der Waals surface area contributed by atoms with E-state index in [1.165, 1.54) is 12.8 Å². The van der Waals surface area contributed by atoms with Gasteiger partial charge in [0, 0.05) is 12.8 Å². The van der Waals surface area contributed by atoms with E-state index in [0.29, 0.717) is 6.73 Å². The van der Waals surface area contributed by atoms with Crippen LogP contribution in [0.25, 0.3) is 0 Å². The second-order valence-electron chi connectivity index (χ2n) is 7.19. The monoisotopic (exact) mass is 359 g/mol. The van der Waals surface area contributed by atoms with Gasteiger partial charge in [-0.3, -0.25) is 9.28 Å². The minimum Gasteiger partial charge on any atom is -1.00 e. The average Bonchev–Trinajstić information content (AvgIpc) is 3.07. The summed E-state index contributed by atoms with van der Waals surface area (Å²) in [5.41, 5.74) is 1.14. The van der Waals surface area contributed by atoms with Gasteiger partial charge in [0.05, 0.1) is 20.1 Å². The Morgan fingerprint density at radius 2 is 1.40 bits per heavy atom. The van der Waals surface area contributed by atoms with Gasteiger partial charge in [-0.15, -0.1) is 0 Å². The van der Waals surface area contributed by atoms with Crippen LogP contribution in [-0.2, 0) is 14.9 Å². The topological polar surface area (TPSA) is 26.3 Å². The molecule has 3 nitrogen and oxygen atoms in total. The molecule has 134 valence electrons. The van der Waals surface area contributed by atoms with E-state index in [4.69, 9.17) is 4.74 Å². The molecule has 0 aromatic heterocycles. The number of ether oxygens (including phenoxy) is 1. The van der Waals surface area contributed by atoms with Crippen LogP contribution in [0.2, 0.25) is 0 Å². The van der Waals surface area contributed by atoms with Crippen molar-refractivity contribution >= 4 is 5.97 Å². The highest BCUT2D eigenvalue weighted by molar-refractivity contribution is 5.87. The molecule has 2 aromatic rings. The highest BCUT2D eigenvalue weighted by Crippen LogP contribution is 2.33. The van der Waals surface area contributed by atoms with E-state index in [-0.39, 0.29) is 18.4 Å². The molecule has 0 atom stereocenters. The fourth-order valence-electron chi connectivity index (χ4n) is 3.53. The second kappa shape index (κ2) is 8.03. The molecule has 0 radical (unpaired) electrons. The molecule has 0 N–H and O–H groups in total. The number of rotatable bonds is 5. The fraction of sp³-hybridized carbons (Fsp3) is 0.381. The van der Waals surface area contributed by atoms with Crippen LogP contribution in [0.1, 0.15) is 30.9 Å². The Balaban J connectivity index is 0.00000225. The lowest BCUT2D eigenvalue weighted by molar-refractivity contribution is -0.914. The van der Waals surface area contributed by atoms with Crippen molar-refractivity contribution < 1.29 is 26.4 Å². The molecular formula is C21H26ClNO2. The molecule has 4 heteroatoms. The van der Waals surface area contributed by atoms with Gasteiger partial charge >= 0.3 is 5.97 Å². The zero-order valence-electron chi connectivity index (χ0n) is 15.0. The number of carbonyl (C=O) groups excluding carboxylic acids is 1. The van der Waals surface area contributed by atoms with Crippen LogP contribution in [0.4, 0.5) is 0 Å². The van der Waals surface area contributed by atoms with Crippen molar-refractivity contribution in [3.05, 3.63) is 71.8 Å². The van der Waals surface area contributed by atoms with E-state index < -0.39 is 5.41 Å². The Morgan fingerprint density at radius 1 is 0.960 bits per heavy atom. The molecule has 25 heavy (non-hydrogen) atoms. The summed E-state index contributed by atoms with van der Waals surface area (Å²) < 4.78 is 6.66. The third-order valence-electron chi connectivity index (χ3n) is 5.26.